The summed E-state index contributed by atoms with van der Waals surface area (Å²) >= 11 is 7.48. The van der Waals surface area contributed by atoms with E-state index in [0.29, 0.717) is 22.8 Å². The summed E-state index contributed by atoms with van der Waals surface area (Å²) in [5, 5.41) is 3.54. The molecule has 0 spiro atoms. The molecule has 3 aromatic rings. The Morgan fingerprint density at radius 3 is 2.21 bits per heavy atom. The Kier molecular flexibility index (Phi) is 7.19. The first-order valence-corrected chi connectivity index (χ1v) is 11.6. The molecule has 29 heavy (non-hydrogen) atoms. The molecule has 5 nitrogen and oxygen atoms in total. The second-order valence-electron chi connectivity index (χ2n) is 6.05. The maximum Gasteiger partial charge on any atom is 0.261 e. The lowest BCUT2D eigenvalue weighted by Crippen LogP contribution is -2.25. The first kappa shape index (κ1) is 21.2. The van der Waals surface area contributed by atoms with Gasteiger partial charge in [-0.05, 0) is 60.7 Å². The van der Waals surface area contributed by atoms with E-state index >= 15 is 0 Å². The average Bonchev–Trinajstić information content (AvgIpc) is 2.73. The van der Waals surface area contributed by atoms with Gasteiger partial charge in [0.05, 0.1) is 4.90 Å². The number of rotatable bonds is 8. The highest BCUT2D eigenvalue weighted by atomic mass is 35.5. The lowest BCUT2D eigenvalue weighted by Gasteiger charge is -2.09. The molecule has 0 aliphatic heterocycles. The summed E-state index contributed by atoms with van der Waals surface area (Å²) in [6.07, 6.45) is 0. The van der Waals surface area contributed by atoms with Gasteiger partial charge in [-0.2, -0.15) is 0 Å². The SMILES string of the molecule is O=C(NCCSc1ccc(Cl)cc1)c1ccc(NS(=O)(=O)c2ccccc2)cc1. The van der Waals surface area contributed by atoms with Gasteiger partial charge in [0.15, 0.2) is 0 Å². The number of hydrogen-bond donors (Lipinski definition) is 2. The molecule has 0 unspecified atom stereocenters. The van der Waals surface area contributed by atoms with Gasteiger partial charge in [0.1, 0.15) is 0 Å². The summed E-state index contributed by atoms with van der Waals surface area (Å²) in [5.74, 6) is 0.515. The number of hydrogen-bond acceptors (Lipinski definition) is 4. The number of sulfonamides is 1. The van der Waals surface area contributed by atoms with Crippen LogP contribution in [0.3, 0.4) is 0 Å². The van der Waals surface area contributed by atoms with Gasteiger partial charge in [-0.1, -0.05) is 29.8 Å². The number of benzene rings is 3. The first-order valence-electron chi connectivity index (χ1n) is 8.78. The monoisotopic (exact) mass is 446 g/mol. The van der Waals surface area contributed by atoms with Crippen LogP contribution in [0.2, 0.25) is 5.02 Å². The maximum absolute atomic E-state index is 12.3. The Labute approximate surface area is 179 Å². The van der Waals surface area contributed by atoms with Gasteiger partial charge in [0.2, 0.25) is 0 Å². The molecule has 3 aromatic carbocycles. The molecule has 0 fully saturated rings. The van der Waals surface area contributed by atoms with Crippen molar-refractivity contribution in [3.05, 3.63) is 89.4 Å². The van der Waals surface area contributed by atoms with Crippen LogP contribution in [0.25, 0.3) is 0 Å². The highest BCUT2D eigenvalue weighted by molar-refractivity contribution is 7.99. The van der Waals surface area contributed by atoms with E-state index in [2.05, 4.69) is 10.0 Å². The quantitative estimate of drug-likeness (QED) is 0.389. The van der Waals surface area contributed by atoms with E-state index < -0.39 is 10.0 Å². The highest BCUT2D eigenvalue weighted by Gasteiger charge is 2.13. The van der Waals surface area contributed by atoms with Crippen LogP contribution in [0.4, 0.5) is 5.69 Å². The summed E-state index contributed by atoms with van der Waals surface area (Å²) in [6.45, 7) is 0.508. The smallest absolute Gasteiger partial charge is 0.261 e. The Bertz CT molecular complexity index is 1060. The fourth-order valence-corrected chi connectivity index (χ4v) is 4.44. The maximum atomic E-state index is 12.3. The Morgan fingerprint density at radius 1 is 0.897 bits per heavy atom. The molecule has 0 heterocycles. The molecule has 0 bridgehead atoms. The van der Waals surface area contributed by atoms with Crippen LogP contribution in [0.1, 0.15) is 10.4 Å². The minimum atomic E-state index is -3.65. The van der Waals surface area contributed by atoms with Gasteiger partial charge in [0, 0.05) is 33.5 Å². The summed E-state index contributed by atoms with van der Waals surface area (Å²) in [7, 11) is -3.65. The molecule has 0 saturated carbocycles. The van der Waals surface area contributed by atoms with Crippen LogP contribution in [-0.2, 0) is 10.0 Å². The van der Waals surface area contributed by atoms with Crippen molar-refractivity contribution >= 4 is 45.0 Å². The van der Waals surface area contributed by atoms with E-state index in [1.165, 1.54) is 12.1 Å². The standard InChI is InChI=1S/C21H19ClN2O3S2/c22-17-8-12-19(13-9-17)28-15-14-23-21(25)16-6-10-18(11-7-16)24-29(26,27)20-4-2-1-3-5-20/h1-13,24H,14-15H2,(H,23,25). The van der Waals surface area contributed by atoms with Crippen LogP contribution >= 0.6 is 23.4 Å². The molecule has 0 aliphatic carbocycles. The molecule has 0 saturated heterocycles. The predicted octanol–water partition coefficient (Wildman–Crippen LogP) is 4.66. The summed E-state index contributed by atoms with van der Waals surface area (Å²) in [4.78, 5) is 13.5. The summed E-state index contributed by atoms with van der Waals surface area (Å²) < 4.78 is 27.2. The number of amides is 1. The van der Waals surface area contributed by atoms with Crippen LogP contribution in [-0.4, -0.2) is 26.6 Å². The first-order chi connectivity index (χ1) is 13.9. The van der Waals surface area contributed by atoms with Gasteiger partial charge in [-0.15, -0.1) is 11.8 Å². The van der Waals surface area contributed by atoms with Gasteiger partial charge >= 0.3 is 0 Å². The molecule has 0 radical (unpaired) electrons. The van der Waals surface area contributed by atoms with E-state index in [0.717, 1.165) is 10.6 Å². The predicted molar refractivity (Wildman–Crippen MR) is 118 cm³/mol. The van der Waals surface area contributed by atoms with E-state index in [-0.39, 0.29) is 10.8 Å². The number of anilines is 1. The van der Waals surface area contributed by atoms with E-state index in [1.54, 1.807) is 54.2 Å². The van der Waals surface area contributed by atoms with Gasteiger partial charge in [0.25, 0.3) is 15.9 Å². The molecule has 2 N–H and O–H groups in total. The molecule has 3 rings (SSSR count). The van der Waals surface area contributed by atoms with E-state index in [9.17, 15) is 13.2 Å². The van der Waals surface area contributed by atoms with Gasteiger partial charge in [-0.25, -0.2) is 8.42 Å². The van der Waals surface area contributed by atoms with E-state index in [4.69, 9.17) is 11.6 Å². The van der Waals surface area contributed by atoms with Crippen molar-refractivity contribution in [3.63, 3.8) is 0 Å². The second kappa shape index (κ2) is 9.82. The van der Waals surface area contributed by atoms with Crippen LogP contribution < -0.4 is 10.0 Å². The third kappa shape index (κ3) is 6.25. The number of carbonyl (C=O) groups is 1. The van der Waals surface area contributed by atoms with Crippen LogP contribution in [0.15, 0.2) is 88.7 Å². The third-order valence-electron chi connectivity index (χ3n) is 3.92. The minimum Gasteiger partial charge on any atom is -0.351 e. The van der Waals surface area contributed by atoms with Crippen molar-refractivity contribution in [2.45, 2.75) is 9.79 Å². The zero-order valence-corrected chi connectivity index (χ0v) is 17.7. The molecule has 1 amide bonds. The average molecular weight is 447 g/mol. The normalized spacial score (nSPS) is 11.1. The van der Waals surface area contributed by atoms with Crippen molar-refractivity contribution in [1.29, 1.82) is 0 Å². The van der Waals surface area contributed by atoms with Crippen molar-refractivity contribution < 1.29 is 13.2 Å². The lowest BCUT2D eigenvalue weighted by atomic mass is 10.2. The Hall–Kier alpha value is -2.48. The lowest BCUT2D eigenvalue weighted by molar-refractivity contribution is 0.0956. The fraction of sp³-hybridized carbons (Fsp3) is 0.0952. The molecule has 150 valence electrons. The van der Waals surface area contributed by atoms with Gasteiger partial charge < -0.3 is 5.32 Å². The van der Waals surface area contributed by atoms with Crippen molar-refractivity contribution in [1.82, 2.24) is 5.32 Å². The topological polar surface area (TPSA) is 75.3 Å². The number of carbonyl (C=O) groups excluding carboxylic acids is 1. The van der Waals surface area contributed by atoms with Crippen molar-refractivity contribution in [2.24, 2.45) is 0 Å². The largest absolute Gasteiger partial charge is 0.351 e. The second-order valence-corrected chi connectivity index (χ2v) is 9.34. The number of halogens is 1. The molecule has 0 aromatic heterocycles. The van der Waals surface area contributed by atoms with E-state index in [1.807, 2.05) is 24.3 Å². The molecular formula is C21H19ClN2O3S2. The molecule has 0 atom stereocenters. The Morgan fingerprint density at radius 2 is 1.55 bits per heavy atom. The zero-order valence-electron chi connectivity index (χ0n) is 15.3. The zero-order chi connectivity index (χ0) is 20.7. The fourth-order valence-electron chi connectivity index (χ4n) is 2.47. The summed E-state index contributed by atoms with van der Waals surface area (Å²) in [6, 6.07) is 21.9. The number of nitrogens with one attached hydrogen (secondary N) is 2. The number of thioether (sulfide) groups is 1. The van der Waals surface area contributed by atoms with Crippen LogP contribution in [0.5, 0.6) is 0 Å². The third-order valence-corrected chi connectivity index (χ3v) is 6.59. The minimum absolute atomic E-state index is 0.181. The molecule has 8 heteroatoms. The van der Waals surface area contributed by atoms with Gasteiger partial charge in [-0.3, -0.25) is 9.52 Å². The molecular weight excluding hydrogens is 428 g/mol. The Balaban J connectivity index is 1.50. The van der Waals surface area contributed by atoms with Crippen LogP contribution in [0, 0.1) is 0 Å². The summed E-state index contributed by atoms with van der Waals surface area (Å²) in [5.41, 5.74) is 0.854. The van der Waals surface area contributed by atoms with Crippen molar-refractivity contribution in [2.75, 3.05) is 17.0 Å². The molecule has 0 aliphatic rings. The van der Waals surface area contributed by atoms with Crippen molar-refractivity contribution in [3.8, 4) is 0 Å². The highest BCUT2D eigenvalue weighted by Crippen LogP contribution is 2.20.